The molecule has 0 spiro atoms. The number of aromatic nitrogens is 1. The van der Waals surface area contributed by atoms with Crippen LogP contribution in [0.25, 0.3) is 0 Å². The van der Waals surface area contributed by atoms with Gasteiger partial charge in [-0.3, -0.25) is 15.1 Å². The Morgan fingerprint density at radius 1 is 1.43 bits per heavy atom. The fraction of sp³-hybridized carbons (Fsp3) is 0.0769. The Balaban J connectivity index is 2.29. The van der Waals surface area contributed by atoms with Crippen molar-refractivity contribution in [3.05, 3.63) is 62.9 Å². The third-order valence-corrected chi connectivity index (χ3v) is 3.03. The summed E-state index contributed by atoms with van der Waals surface area (Å²) in [5.74, 6) is -1.17. The summed E-state index contributed by atoms with van der Waals surface area (Å²) in [5.41, 5.74) is -0.104. The molecule has 0 saturated carbocycles. The number of aromatic carboxylic acids is 1. The van der Waals surface area contributed by atoms with Gasteiger partial charge >= 0.3 is 5.97 Å². The van der Waals surface area contributed by atoms with Crippen LogP contribution in [0, 0.1) is 10.1 Å². The first-order chi connectivity index (χ1) is 10.0. The molecule has 0 aliphatic rings. The summed E-state index contributed by atoms with van der Waals surface area (Å²) in [6.45, 7) is -0.234. The van der Waals surface area contributed by atoms with Crippen molar-refractivity contribution in [2.24, 2.45) is 0 Å². The number of nitrogens with zero attached hydrogens (tertiary/aromatic N) is 2. The third kappa shape index (κ3) is 3.26. The zero-order valence-electron chi connectivity index (χ0n) is 10.5. The van der Waals surface area contributed by atoms with E-state index in [2.05, 4.69) is 4.98 Å². The smallest absolute Gasteiger partial charge is 0.339 e. The molecule has 21 heavy (non-hydrogen) atoms. The zero-order chi connectivity index (χ0) is 15.4. The van der Waals surface area contributed by atoms with Crippen LogP contribution < -0.4 is 4.74 Å². The molecule has 0 fully saturated rings. The Hall–Kier alpha value is -2.67. The molecule has 0 saturated heterocycles. The molecule has 1 aromatic heterocycles. The largest absolute Gasteiger partial charge is 0.486 e. The van der Waals surface area contributed by atoms with E-state index in [4.69, 9.17) is 21.4 Å². The van der Waals surface area contributed by atoms with Gasteiger partial charge in [0.05, 0.1) is 21.7 Å². The molecule has 1 heterocycles. The summed E-state index contributed by atoms with van der Waals surface area (Å²) in [5, 5.41) is 20.1. The molecule has 0 amide bonds. The highest BCUT2D eigenvalue weighted by atomic mass is 35.5. The van der Waals surface area contributed by atoms with Crippen molar-refractivity contribution in [2.45, 2.75) is 6.61 Å². The highest BCUT2D eigenvalue weighted by Gasteiger charge is 2.18. The van der Waals surface area contributed by atoms with Gasteiger partial charge in [-0.05, 0) is 12.1 Å². The molecule has 108 valence electrons. The van der Waals surface area contributed by atoms with E-state index in [1.165, 1.54) is 36.7 Å². The average molecular weight is 309 g/mol. The summed E-state index contributed by atoms with van der Waals surface area (Å²) < 4.78 is 5.32. The van der Waals surface area contributed by atoms with Crippen LogP contribution in [-0.4, -0.2) is 21.0 Å². The second kappa shape index (κ2) is 6.19. The van der Waals surface area contributed by atoms with Crippen LogP contribution in [-0.2, 0) is 6.61 Å². The fourth-order valence-corrected chi connectivity index (χ4v) is 1.91. The molecule has 0 radical (unpaired) electrons. The van der Waals surface area contributed by atoms with E-state index in [-0.39, 0.29) is 34.2 Å². The second-order valence-electron chi connectivity index (χ2n) is 3.96. The summed E-state index contributed by atoms with van der Waals surface area (Å²) >= 11 is 5.93. The van der Waals surface area contributed by atoms with Gasteiger partial charge in [-0.1, -0.05) is 17.7 Å². The summed E-state index contributed by atoms with van der Waals surface area (Å²) in [6, 6.07) is 5.52. The average Bonchev–Trinajstić information content (AvgIpc) is 2.45. The van der Waals surface area contributed by atoms with Crippen LogP contribution in [0.4, 0.5) is 5.69 Å². The van der Waals surface area contributed by atoms with E-state index in [1.54, 1.807) is 0 Å². The number of benzene rings is 1. The molecule has 0 aliphatic heterocycles. The lowest BCUT2D eigenvalue weighted by Gasteiger charge is -2.09. The SMILES string of the molecule is O=C(O)c1ccncc1OCc1c(Cl)cccc1[N+](=O)[O-]. The topological polar surface area (TPSA) is 103 Å². The lowest BCUT2D eigenvalue weighted by Crippen LogP contribution is -2.06. The first kappa shape index (κ1) is 14.7. The van der Waals surface area contributed by atoms with Crippen molar-refractivity contribution < 1.29 is 19.6 Å². The molecular weight excluding hydrogens is 300 g/mol. The van der Waals surface area contributed by atoms with Crippen LogP contribution >= 0.6 is 11.6 Å². The first-order valence-corrected chi connectivity index (χ1v) is 6.10. The van der Waals surface area contributed by atoms with Gasteiger partial charge in [0.2, 0.25) is 0 Å². The third-order valence-electron chi connectivity index (χ3n) is 2.68. The first-order valence-electron chi connectivity index (χ1n) is 5.72. The Labute approximate surface area is 123 Å². The van der Waals surface area contributed by atoms with Gasteiger partial charge in [0.1, 0.15) is 12.2 Å². The Morgan fingerprint density at radius 3 is 2.86 bits per heavy atom. The van der Waals surface area contributed by atoms with Gasteiger partial charge in [0, 0.05) is 12.3 Å². The molecule has 1 N–H and O–H groups in total. The number of ether oxygens (including phenoxy) is 1. The van der Waals surface area contributed by atoms with E-state index in [1.807, 2.05) is 0 Å². The summed E-state index contributed by atoms with van der Waals surface area (Å²) in [4.78, 5) is 25.2. The van der Waals surface area contributed by atoms with Gasteiger partial charge in [-0.25, -0.2) is 4.79 Å². The van der Waals surface area contributed by atoms with Crippen LogP contribution in [0.5, 0.6) is 5.75 Å². The fourth-order valence-electron chi connectivity index (χ4n) is 1.68. The van der Waals surface area contributed by atoms with Crippen molar-refractivity contribution in [1.29, 1.82) is 0 Å². The maximum absolute atomic E-state index is 11.0. The standard InChI is InChI=1S/C13H9ClN2O5/c14-10-2-1-3-11(16(19)20)9(10)7-21-12-6-15-5-4-8(12)13(17)18/h1-6H,7H2,(H,17,18). The highest BCUT2D eigenvalue weighted by molar-refractivity contribution is 6.31. The van der Waals surface area contributed by atoms with Gasteiger partial charge in [0.15, 0.2) is 5.75 Å². The van der Waals surface area contributed by atoms with Gasteiger partial charge in [0.25, 0.3) is 5.69 Å². The number of halogens is 1. The molecular formula is C13H9ClN2O5. The van der Waals surface area contributed by atoms with E-state index < -0.39 is 10.9 Å². The molecule has 8 heteroatoms. The van der Waals surface area contributed by atoms with Crippen LogP contribution in [0.3, 0.4) is 0 Å². The minimum Gasteiger partial charge on any atom is -0.486 e. The van der Waals surface area contributed by atoms with Crippen molar-refractivity contribution in [1.82, 2.24) is 4.98 Å². The van der Waals surface area contributed by atoms with Gasteiger partial charge in [-0.15, -0.1) is 0 Å². The summed E-state index contributed by atoms with van der Waals surface area (Å²) in [7, 11) is 0. The second-order valence-corrected chi connectivity index (χ2v) is 4.37. The predicted molar refractivity (Wildman–Crippen MR) is 73.6 cm³/mol. The van der Waals surface area contributed by atoms with Gasteiger partial charge < -0.3 is 9.84 Å². The highest BCUT2D eigenvalue weighted by Crippen LogP contribution is 2.28. The Bertz CT molecular complexity index is 705. The number of pyridine rings is 1. The molecule has 0 atom stereocenters. The van der Waals surface area contributed by atoms with Crippen molar-refractivity contribution >= 4 is 23.3 Å². The van der Waals surface area contributed by atoms with E-state index in [0.717, 1.165) is 0 Å². The zero-order valence-corrected chi connectivity index (χ0v) is 11.3. The quantitative estimate of drug-likeness (QED) is 0.673. The number of hydrogen-bond acceptors (Lipinski definition) is 5. The Morgan fingerprint density at radius 2 is 2.19 bits per heavy atom. The predicted octanol–water partition coefficient (Wildman–Crippen LogP) is 2.92. The number of nitro groups is 1. The molecule has 7 nitrogen and oxygen atoms in total. The molecule has 2 rings (SSSR count). The van der Waals surface area contributed by atoms with Gasteiger partial charge in [-0.2, -0.15) is 0 Å². The lowest BCUT2D eigenvalue weighted by atomic mass is 10.2. The molecule has 1 aromatic carbocycles. The minimum absolute atomic E-state index is 0.0132. The van der Waals surface area contributed by atoms with E-state index >= 15 is 0 Å². The monoisotopic (exact) mass is 308 g/mol. The lowest BCUT2D eigenvalue weighted by molar-refractivity contribution is -0.385. The normalized spacial score (nSPS) is 10.1. The van der Waals surface area contributed by atoms with Crippen LogP contribution in [0.1, 0.15) is 15.9 Å². The van der Waals surface area contributed by atoms with E-state index in [0.29, 0.717) is 0 Å². The number of rotatable bonds is 5. The number of hydrogen-bond donors (Lipinski definition) is 1. The Kier molecular flexibility index (Phi) is 4.34. The molecule has 0 aliphatic carbocycles. The molecule has 0 unspecified atom stereocenters. The van der Waals surface area contributed by atoms with Crippen LogP contribution in [0.2, 0.25) is 5.02 Å². The van der Waals surface area contributed by atoms with Crippen molar-refractivity contribution in [2.75, 3.05) is 0 Å². The number of carboxylic acid groups (broad SMARTS) is 1. The minimum atomic E-state index is -1.18. The number of carbonyl (C=O) groups is 1. The number of carboxylic acids is 1. The van der Waals surface area contributed by atoms with Crippen LogP contribution in [0.15, 0.2) is 36.7 Å². The van der Waals surface area contributed by atoms with E-state index in [9.17, 15) is 14.9 Å². The maximum Gasteiger partial charge on any atom is 0.339 e. The summed E-state index contributed by atoms with van der Waals surface area (Å²) in [6.07, 6.45) is 2.54. The van der Waals surface area contributed by atoms with Crippen molar-refractivity contribution in [3.8, 4) is 5.75 Å². The molecule has 2 aromatic rings. The molecule has 0 bridgehead atoms. The van der Waals surface area contributed by atoms with Crippen molar-refractivity contribution in [3.63, 3.8) is 0 Å². The number of nitro benzene ring substituents is 1. The maximum atomic E-state index is 11.0.